The average Bonchev–Trinajstić information content (AvgIpc) is 3.23. The lowest BCUT2D eigenvalue weighted by Gasteiger charge is -2.17. The molecule has 0 saturated heterocycles. The Morgan fingerprint density at radius 1 is 1.05 bits per heavy atom. The first-order valence-corrected chi connectivity index (χ1v) is 16.4. The number of aromatic nitrogens is 4. The van der Waals surface area contributed by atoms with E-state index in [1.165, 1.54) is 32.5 Å². The van der Waals surface area contributed by atoms with Crippen molar-refractivity contribution in [3.63, 3.8) is 0 Å². The molecule has 13 heteroatoms. The summed E-state index contributed by atoms with van der Waals surface area (Å²) in [5, 5.41) is 2.65. The van der Waals surface area contributed by atoms with E-state index in [1.807, 2.05) is 0 Å². The maximum Gasteiger partial charge on any atom is 0.454 e. The molecule has 9 nitrogen and oxygen atoms in total. The van der Waals surface area contributed by atoms with Crippen LogP contribution in [0.4, 0.5) is 19.0 Å². The molecule has 4 rings (SSSR count). The van der Waals surface area contributed by atoms with Crippen molar-refractivity contribution >= 4 is 36.6 Å². The molecule has 0 aliphatic heterocycles. The fourth-order valence-corrected chi connectivity index (χ4v) is 4.95. The predicted octanol–water partition coefficient (Wildman–Crippen LogP) is 6.18. The van der Waals surface area contributed by atoms with E-state index in [1.54, 1.807) is 28.8 Å². The second-order valence-corrected chi connectivity index (χ2v) is 16.2. The van der Waals surface area contributed by atoms with Gasteiger partial charge in [-0.1, -0.05) is 19.6 Å². The van der Waals surface area contributed by atoms with E-state index in [9.17, 15) is 22.8 Å². The number of nitrogens with one attached hydrogen (secondary N) is 1. The van der Waals surface area contributed by atoms with E-state index in [0.29, 0.717) is 40.4 Å². The third-order valence-electron chi connectivity index (χ3n) is 6.20. The van der Waals surface area contributed by atoms with Crippen molar-refractivity contribution in [1.29, 1.82) is 0 Å². The van der Waals surface area contributed by atoms with Gasteiger partial charge in [0.25, 0.3) is 5.78 Å². The lowest BCUT2D eigenvalue weighted by Crippen LogP contribution is -2.23. The van der Waals surface area contributed by atoms with Crippen molar-refractivity contribution in [3.8, 4) is 28.3 Å². The molecule has 4 aromatic rings. The Morgan fingerprint density at radius 2 is 1.80 bits per heavy atom. The summed E-state index contributed by atoms with van der Waals surface area (Å²) in [5.74, 6) is -1.53. The topological polar surface area (TPSA) is 108 Å². The minimum atomic E-state index is -5.07. The molecule has 0 radical (unpaired) electrons. The Bertz CT molecular complexity index is 1580. The normalized spacial score (nSPS) is 12.0. The molecular weight excluding hydrogens is 555 g/mol. The van der Waals surface area contributed by atoms with E-state index in [4.69, 9.17) is 9.47 Å². The number of fused-ring (bicyclic) bond motifs is 1. The van der Waals surface area contributed by atoms with Gasteiger partial charge in [0.05, 0.1) is 41.3 Å². The zero-order valence-corrected chi connectivity index (χ0v) is 24.3. The van der Waals surface area contributed by atoms with Crippen molar-refractivity contribution in [2.75, 3.05) is 19.0 Å². The molecule has 216 valence electrons. The first-order chi connectivity index (χ1) is 19.3. The Labute approximate surface area is 235 Å². The average molecular weight is 586 g/mol. The van der Waals surface area contributed by atoms with Crippen LogP contribution in [0.1, 0.15) is 17.3 Å². The van der Waals surface area contributed by atoms with Crippen LogP contribution in [0.2, 0.25) is 25.7 Å². The molecule has 41 heavy (non-hydrogen) atoms. The highest BCUT2D eigenvalue weighted by molar-refractivity contribution is 6.76. The molecule has 0 aliphatic carbocycles. The molecule has 0 fully saturated rings. The Balaban J connectivity index is 1.99. The summed E-state index contributed by atoms with van der Waals surface area (Å²) in [6.45, 7) is 8.38. The van der Waals surface area contributed by atoms with Crippen molar-refractivity contribution in [2.24, 2.45) is 0 Å². The van der Waals surface area contributed by atoms with Gasteiger partial charge >= 0.3 is 6.18 Å². The minimum absolute atomic E-state index is 0.0321. The van der Waals surface area contributed by atoms with Crippen LogP contribution in [0.15, 0.2) is 48.9 Å². The van der Waals surface area contributed by atoms with Gasteiger partial charge in [0.1, 0.15) is 18.3 Å². The quantitative estimate of drug-likeness (QED) is 0.134. The number of hydrogen-bond donors (Lipinski definition) is 1. The number of ether oxygens (including phenoxy) is 2. The number of hydrogen-bond acceptors (Lipinski definition) is 7. The van der Waals surface area contributed by atoms with Crippen molar-refractivity contribution in [1.82, 2.24) is 19.5 Å². The summed E-state index contributed by atoms with van der Waals surface area (Å²) in [7, 11) is 0.0692. The number of Topliss-reactive ketones (excluding diaryl/α,β-unsaturated/α-hetero) is 1. The number of carbonyl (C=O) groups is 2. The highest BCUT2D eigenvalue weighted by atomic mass is 28.3. The fourth-order valence-electron chi connectivity index (χ4n) is 4.19. The van der Waals surface area contributed by atoms with Gasteiger partial charge in [0.15, 0.2) is 0 Å². The molecule has 0 unspecified atom stereocenters. The monoisotopic (exact) mass is 585 g/mol. The summed E-state index contributed by atoms with van der Waals surface area (Å²) in [4.78, 5) is 36.9. The number of rotatable bonds is 10. The van der Waals surface area contributed by atoms with Gasteiger partial charge in [-0.15, -0.1) is 0 Å². The summed E-state index contributed by atoms with van der Waals surface area (Å²) < 4.78 is 53.1. The second kappa shape index (κ2) is 11.8. The maximum atomic E-state index is 13.4. The zero-order chi connectivity index (χ0) is 29.9. The Morgan fingerprint density at radius 3 is 2.41 bits per heavy atom. The standard InChI is InChI=1S/C28H30F3N5O4Si/c1-17(37)35-23-13-18(8-9-32-23)26-24(21-7-6-20(39-2)15-33-21)25-22(36(26)16-40-10-11-41(3,4)5)12-19(14-34-25)27(38)28(29,30)31/h6-9,12-15H,10-11,16H2,1-5H3,(H,32,35,37). The van der Waals surface area contributed by atoms with Crippen LogP contribution in [-0.4, -0.2) is 59.2 Å². The minimum Gasteiger partial charge on any atom is -0.495 e. The van der Waals surface area contributed by atoms with Gasteiger partial charge in [-0.3, -0.25) is 19.6 Å². The summed E-state index contributed by atoms with van der Waals surface area (Å²) in [6, 6.07) is 8.80. The summed E-state index contributed by atoms with van der Waals surface area (Å²) in [5.41, 5.74) is 2.04. The highest BCUT2D eigenvalue weighted by Crippen LogP contribution is 2.41. The van der Waals surface area contributed by atoms with Crippen LogP contribution in [0, 0.1) is 0 Å². The number of alkyl halides is 3. The number of halogens is 3. The number of nitrogens with zero attached hydrogens (tertiary/aromatic N) is 4. The largest absolute Gasteiger partial charge is 0.495 e. The molecule has 4 aromatic heterocycles. The Hall–Kier alpha value is -4.10. The number of anilines is 1. The Kier molecular flexibility index (Phi) is 8.59. The fraction of sp³-hybridized carbons (Fsp3) is 0.321. The SMILES string of the molecule is COc1ccc(-c2c(-c3ccnc(NC(C)=O)c3)n(COCC[Si](C)(C)C)c3cc(C(=O)C(F)(F)F)cnc23)nc1. The van der Waals surface area contributed by atoms with Crippen LogP contribution in [0.3, 0.4) is 0 Å². The summed E-state index contributed by atoms with van der Waals surface area (Å²) in [6.07, 6.45) is -1.13. The highest BCUT2D eigenvalue weighted by Gasteiger charge is 2.40. The smallest absolute Gasteiger partial charge is 0.454 e. The number of methoxy groups -OCH3 is 1. The molecule has 0 saturated carbocycles. The van der Waals surface area contributed by atoms with Gasteiger partial charge < -0.3 is 19.4 Å². The first-order valence-electron chi connectivity index (χ1n) is 12.7. The van der Waals surface area contributed by atoms with Gasteiger partial charge in [0, 0.05) is 45.1 Å². The number of ketones is 1. The third-order valence-corrected chi connectivity index (χ3v) is 7.91. The van der Waals surface area contributed by atoms with Gasteiger partial charge in [-0.05, 0) is 36.4 Å². The molecule has 1 N–H and O–H groups in total. The van der Waals surface area contributed by atoms with Gasteiger partial charge in [0.2, 0.25) is 5.91 Å². The molecule has 0 spiro atoms. The lowest BCUT2D eigenvalue weighted by molar-refractivity contribution is -0.114. The van der Waals surface area contributed by atoms with E-state index in [2.05, 4.69) is 39.9 Å². The first kappa shape index (κ1) is 29.9. The predicted molar refractivity (Wildman–Crippen MR) is 152 cm³/mol. The summed E-state index contributed by atoms with van der Waals surface area (Å²) >= 11 is 0. The molecule has 0 aliphatic rings. The van der Waals surface area contributed by atoms with Gasteiger partial charge in [-0.25, -0.2) is 4.98 Å². The molecule has 0 bridgehead atoms. The lowest BCUT2D eigenvalue weighted by atomic mass is 10.0. The molecule has 0 aromatic carbocycles. The van der Waals surface area contributed by atoms with Crippen LogP contribution >= 0.6 is 0 Å². The molecule has 1 amide bonds. The molecule has 0 atom stereocenters. The van der Waals surface area contributed by atoms with E-state index in [-0.39, 0.29) is 24.0 Å². The van der Waals surface area contributed by atoms with Crippen LogP contribution in [0.5, 0.6) is 5.75 Å². The van der Waals surface area contributed by atoms with Crippen molar-refractivity contribution < 1.29 is 32.2 Å². The van der Waals surface area contributed by atoms with Crippen molar-refractivity contribution in [2.45, 2.75) is 45.5 Å². The number of carbonyl (C=O) groups excluding carboxylic acids is 2. The van der Waals surface area contributed by atoms with E-state index < -0.39 is 25.6 Å². The van der Waals surface area contributed by atoms with Crippen molar-refractivity contribution in [3.05, 3.63) is 54.5 Å². The van der Waals surface area contributed by atoms with Gasteiger partial charge in [-0.2, -0.15) is 13.2 Å². The van der Waals surface area contributed by atoms with Crippen LogP contribution in [0.25, 0.3) is 33.5 Å². The molecular formula is C28H30F3N5O4Si. The maximum absolute atomic E-state index is 13.4. The van der Waals surface area contributed by atoms with E-state index >= 15 is 0 Å². The van der Waals surface area contributed by atoms with E-state index in [0.717, 1.165) is 12.2 Å². The van der Waals surface area contributed by atoms with Crippen LogP contribution < -0.4 is 10.1 Å². The number of pyridine rings is 3. The molecule has 4 heterocycles. The third kappa shape index (κ3) is 6.98. The second-order valence-electron chi connectivity index (χ2n) is 10.6. The zero-order valence-electron chi connectivity index (χ0n) is 23.3. The van der Waals surface area contributed by atoms with Crippen LogP contribution in [-0.2, 0) is 16.3 Å². The number of amides is 1.